The van der Waals surface area contributed by atoms with Crippen LogP contribution in [0.4, 0.5) is 5.69 Å². The van der Waals surface area contributed by atoms with E-state index in [1.54, 1.807) is 30.3 Å². The molecule has 0 atom stereocenters. The number of carbonyl (C=O) groups excluding carboxylic acids is 1. The van der Waals surface area contributed by atoms with Crippen molar-refractivity contribution in [3.8, 4) is 0 Å². The van der Waals surface area contributed by atoms with E-state index in [0.29, 0.717) is 16.3 Å². The predicted molar refractivity (Wildman–Crippen MR) is 76.2 cm³/mol. The molecule has 0 bridgehead atoms. The van der Waals surface area contributed by atoms with Gasteiger partial charge in [0.05, 0.1) is 0 Å². The third-order valence-corrected chi connectivity index (χ3v) is 2.75. The van der Waals surface area contributed by atoms with Gasteiger partial charge in [0.15, 0.2) is 5.84 Å². The van der Waals surface area contributed by atoms with Gasteiger partial charge in [-0.05, 0) is 36.4 Å². The first-order chi connectivity index (χ1) is 9.60. The molecule has 4 N–H and O–H groups in total. The van der Waals surface area contributed by atoms with Crippen LogP contribution in [0, 0.1) is 0 Å². The Morgan fingerprint density at radius 2 is 1.95 bits per heavy atom. The Kier molecular flexibility index (Phi) is 4.17. The molecule has 2 rings (SSSR count). The van der Waals surface area contributed by atoms with Crippen molar-refractivity contribution in [2.24, 2.45) is 10.9 Å². The molecule has 0 aliphatic carbocycles. The Hall–Kier alpha value is -2.60. The molecule has 1 heterocycles. The number of hydrogen-bond donors (Lipinski definition) is 3. The summed E-state index contributed by atoms with van der Waals surface area (Å²) >= 11 is 5.76. The molecule has 0 spiro atoms. The fourth-order valence-corrected chi connectivity index (χ4v) is 1.59. The molecule has 6 nitrogen and oxygen atoms in total. The van der Waals surface area contributed by atoms with Crippen molar-refractivity contribution in [1.82, 2.24) is 4.98 Å². The number of carbonyl (C=O) groups is 1. The highest BCUT2D eigenvalue weighted by molar-refractivity contribution is 6.30. The minimum atomic E-state index is -0.363. The number of halogens is 1. The molecule has 0 saturated carbocycles. The van der Waals surface area contributed by atoms with Gasteiger partial charge in [0.2, 0.25) is 0 Å². The summed E-state index contributed by atoms with van der Waals surface area (Å²) in [5.41, 5.74) is 6.66. The monoisotopic (exact) mass is 290 g/mol. The number of oxime groups is 1. The molecule has 0 saturated heterocycles. The standard InChI is InChI=1S/C13H11ClN4O2/c14-9-2-4-10(5-3-9)17-13(19)11-6-1-8(7-16-11)12(15)18-20/h1-7,20H,(H2,15,18)(H,17,19). The van der Waals surface area contributed by atoms with Crippen LogP contribution in [0.15, 0.2) is 47.8 Å². The first-order valence-electron chi connectivity index (χ1n) is 5.61. The van der Waals surface area contributed by atoms with Crippen molar-refractivity contribution in [2.45, 2.75) is 0 Å². The highest BCUT2D eigenvalue weighted by Crippen LogP contribution is 2.14. The van der Waals surface area contributed by atoms with Gasteiger partial charge in [0, 0.05) is 22.5 Å². The number of aromatic nitrogens is 1. The van der Waals surface area contributed by atoms with Gasteiger partial charge >= 0.3 is 0 Å². The van der Waals surface area contributed by atoms with Crippen LogP contribution in [0.1, 0.15) is 16.1 Å². The lowest BCUT2D eigenvalue weighted by atomic mass is 10.2. The number of pyridine rings is 1. The molecule has 0 unspecified atom stereocenters. The van der Waals surface area contributed by atoms with Crippen LogP contribution < -0.4 is 11.1 Å². The quantitative estimate of drug-likeness (QED) is 0.349. The minimum absolute atomic E-state index is 0.0674. The third-order valence-electron chi connectivity index (χ3n) is 2.50. The van der Waals surface area contributed by atoms with E-state index in [1.807, 2.05) is 0 Å². The van der Waals surface area contributed by atoms with Gasteiger partial charge < -0.3 is 16.3 Å². The topological polar surface area (TPSA) is 101 Å². The van der Waals surface area contributed by atoms with Gasteiger partial charge in [-0.25, -0.2) is 0 Å². The van der Waals surface area contributed by atoms with Gasteiger partial charge in [0.1, 0.15) is 5.69 Å². The van der Waals surface area contributed by atoms with E-state index in [4.69, 9.17) is 22.5 Å². The Morgan fingerprint density at radius 1 is 1.25 bits per heavy atom. The summed E-state index contributed by atoms with van der Waals surface area (Å²) < 4.78 is 0. The number of anilines is 1. The number of nitrogens with one attached hydrogen (secondary N) is 1. The molecule has 1 aromatic heterocycles. The van der Waals surface area contributed by atoms with E-state index in [2.05, 4.69) is 15.5 Å². The summed E-state index contributed by atoms with van der Waals surface area (Å²) in [6, 6.07) is 9.74. The molecule has 7 heteroatoms. The highest BCUT2D eigenvalue weighted by atomic mass is 35.5. The highest BCUT2D eigenvalue weighted by Gasteiger charge is 2.08. The lowest BCUT2D eigenvalue weighted by Crippen LogP contribution is -2.16. The first-order valence-corrected chi connectivity index (χ1v) is 5.99. The van der Waals surface area contributed by atoms with E-state index in [-0.39, 0.29) is 17.4 Å². The van der Waals surface area contributed by atoms with Crippen LogP contribution in [-0.2, 0) is 0 Å². The molecule has 0 aliphatic rings. The smallest absolute Gasteiger partial charge is 0.274 e. The van der Waals surface area contributed by atoms with E-state index in [9.17, 15) is 4.79 Å². The summed E-state index contributed by atoms with van der Waals surface area (Å²) in [5, 5.41) is 14.6. The van der Waals surface area contributed by atoms with Gasteiger partial charge in [0.25, 0.3) is 5.91 Å². The van der Waals surface area contributed by atoms with E-state index >= 15 is 0 Å². The van der Waals surface area contributed by atoms with E-state index in [0.717, 1.165) is 0 Å². The lowest BCUT2D eigenvalue weighted by molar-refractivity contribution is 0.102. The zero-order valence-electron chi connectivity index (χ0n) is 10.2. The van der Waals surface area contributed by atoms with Gasteiger partial charge in [-0.1, -0.05) is 16.8 Å². The average Bonchev–Trinajstić information content (AvgIpc) is 2.49. The predicted octanol–water partition coefficient (Wildman–Crippen LogP) is 2.08. The summed E-state index contributed by atoms with van der Waals surface area (Å²) in [6.07, 6.45) is 1.35. The van der Waals surface area contributed by atoms with E-state index < -0.39 is 0 Å². The van der Waals surface area contributed by atoms with E-state index in [1.165, 1.54) is 12.3 Å². The molecule has 1 aromatic carbocycles. The zero-order valence-corrected chi connectivity index (χ0v) is 11.0. The maximum Gasteiger partial charge on any atom is 0.274 e. The fourth-order valence-electron chi connectivity index (χ4n) is 1.47. The molecule has 102 valence electrons. The number of benzene rings is 1. The maximum atomic E-state index is 11.9. The van der Waals surface area contributed by atoms with Crippen molar-refractivity contribution in [1.29, 1.82) is 0 Å². The van der Waals surface area contributed by atoms with Crippen LogP contribution in [-0.4, -0.2) is 21.9 Å². The molecule has 0 radical (unpaired) electrons. The van der Waals surface area contributed by atoms with Crippen LogP contribution in [0.25, 0.3) is 0 Å². The maximum absolute atomic E-state index is 11.9. The number of hydrogen-bond acceptors (Lipinski definition) is 4. The second-order valence-electron chi connectivity index (χ2n) is 3.88. The van der Waals surface area contributed by atoms with Crippen LogP contribution in [0.3, 0.4) is 0 Å². The molecule has 1 amide bonds. The molecule has 0 aliphatic heterocycles. The summed E-state index contributed by atoms with van der Waals surface area (Å²) in [4.78, 5) is 15.9. The third kappa shape index (κ3) is 3.24. The number of nitrogens with zero attached hydrogens (tertiary/aromatic N) is 2. The van der Waals surface area contributed by atoms with Gasteiger partial charge in [-0.3, -0.25) is 9.78 Å². The Balaban J connectivity index is 2.11. The Morgan fingerprint density at radius 3 is 2.50 bits per heavy atom. The summed E-state index contributed by atoms with van der Waals surface area (Å²) in [7, 11) is 0. The minimum Gasteiger partial charge on any atom is -0.409 e. The Labute approximate surface area is 119 Å². The average molecular weight is 291 g/mol. The van der Waals surface area contributed by atoms with Crippen molar-refractivity contribution < 1.29 is 10.0 Å². The second-order valence-corrected chi connectivity index (χ2v) is 4.31. The van der Waals surface area contributed by atoms with Crippen molar-refractivity contribution >= 4 is 29.0 Å². The number of nitrogens with two attached hydrogens (primary N) is 1. The number of rotatable bonds is 3. The lowest BCUT2D eigenvalue weighted by Gasteiger charge is -2.05. The van der Waals surface area contributed by atoms with Gasteiger partial charge in [-0.15, -0.1) is 0 Å². The Bertz CT molecular complexity index is 638. The molecule has 0 fully saturated rings. The normalized spacial score (nSPS) is 11.2. The fraction of sp³-hybridized carbons (Fsp3) is 0. The molecule has 20 heavy (non-hydrogen) atoms. The van der Waals surface area contributed by atoms with Gasteiger partial charge in [-0.2, -0.15) is 0 Å². The SMILES string of the molecule is NC(=NO)c1ccc(C(=O)Nc2ccc(Cl)cc2)nc1. The first kappa shape index (κ1) is 13.8. The van der Waals surface area contributed by atoms with Crippen molar-refractivity contribution in [2.75, 3.05) is 5.32 Å². The summed E-state index contributed by atoms with van der Waals surface area (Å²) in [5.74, 6) is -0.430. The van der Waals surface area contributed by atoms with Crippen molar-refractivity contribution in [3.63, 3.8) is 0 Å². The van der Waals surface area contributed by atoms with Crippen LogP contribution in [0.2, 0.25) is 5.02 Å². The number of amides is 1. The zero-order chi connectivity index (χ0) is 14.5. The molecular formula is C13H11ClN4O2. The second kappa shape index (κ2) is 6.03. The number of amidine groups is 1. The van der Waals surface area contributed by atoms with Crippen LogP contribution in [0.5, 0.6) is 0 Å². The molecular weight excluding hydrogens is 280 g/mol. The summed E-state index contributed by atoms with van der Waals surface area (Å²) in [6.45, 7) is 0. The molecule has 2 aromatic rings. The largest absolute Gasteiger partial charge is 0.409 e. The van der Waals surface area contributed by atoms with Crippen molar-refractivity contribution in [3.05, 3.63) is 58.9 Å². The van der Waals surface area contributed by atoms with Crippen LogP contribution >= 0.6 is 11.6 Å².